The molecule has 7 heteroatoms. The lowest BCUT2D eigenvalue weighted by atomic mass is 10.2. The number of benzene rings is 2. The normalized spacial score (nSPS) is 10.9. The Labute approximate surface area is 136 Å². The second kappa shape index (κ2) is 7.75. The van der Waals surface area contributed by atoms with Crippen molar-refractivity contribution in [2.24, 2.45) is 5.73 Å². The molecule has 0 saturated carbocycles. The van der Waals surface area contributed by atoms with Gasteiger partial charge in [0.25, 0.3) is 0 Å². The number of nitrogens with two attached hydrogens (primary N) is 1. The molecular formula is C16H14F2N2O2S. The Hall–Kier alpha value is -2.38. The van der Waals surface area contributed by atoms with E-state index in [1.807, 2.05) is 0 Å². The number of nitrogens with zero attached hydrogens (tertiary/aromatic N) is 1. The van der Waals surface area contributed by atoms with Crippen LogP contribution in [0.4, 0.5) is 13.6 Å². The lowest BCUT2D eigenvalue weighted by Crippen LogP contribution is -2.32. The largest absolute Gasteiger partial charge is 0.350 e. The Morgan fingerprint density at radius 2 is 1.91 bits per heavy atom. The quantitative estimate of drug-likeness (QED) is 0.643. The average molecular weight is 336 g/mol. The fraction of sp³-hybridized carbons (Fsp3) is 0.0625. The van der Waals surface area contributed by atoms with Crippen LogP contribution in [-0.4, -0.2) is 22.8 Å². The van der Waals surface area contributed by atoms with Gasteiger partial charge in [-0.1, -0.05) is 30.0 Å². The maximum Gasteiger partial charge on any atom is 0.338 e. The smallest absolute Gasteiger partial charge is 0.338 e. The number of hydroxylamine groups is 2. The first-order valence-electron chi connectivity index (χ1n) is 6.61. The van der Waals surface area contributed by atoms with E-state index >= 15 is 0 Å². The van der Waals surface area contributed by atoms with E-state index in [0.29, 0.717) is 15.5 Å². The van der Waals surface area contributed by atoms with Crippen molar-refractivity contribution in [3.05, 3.63) is 65.7 Å². The van der Waals surface area contributed by atoms with Gasteiger partial charge in [-0.15, -0.1) is 0 Å². The number of rotatable bonds is 5. The fourth-order valence-electron chi connectivity index (χ4n) is 1.76. The minimum absolute atomic E-state index is 0.162. The molecule has 0 heterocycles. The highest BCUT2D eigenvalue weighted by Gasteiger charge is 2.08. The van der Waals surface area contributed by atoms with Crippen molar-refractivity contribution in [2.75, 3.05) is 6.54 Å². The molecule has 2 aromatic rings. The van der Waals surface area contributed by atoms with Crippen LogP contribution >= 0.6 is 11.8 Å². The molecule has 0 aromatic heterocycles. The summed E-state index contributed by atoms with van der Waals surface area (Å²) in [4.78, 5) is 12.1. The van der Waals surface area contributed by atoms with Gasteiger partial charge in [0.15, 0.2) is 0 Å². The standard InChI is InChI=1S/C16H14F2N2O2S/c17-11-6-8-12(9-7-11)23-15-5-1-4-14(18)13(15)3-2-10-20(22)16(19)21/h1-9,22H,10H2,(H2,19,21). The molecule has 0 saturated heterocycles. The molecule has 120 valence electrons. The number of hydrogen-bond acceptors (Lipinski definition) is 3. The number of hydrogen-bond donors (Lipinski definition) is 2. The highest BCUT2D eigenvalue weighted by molar-refractivity contribution is 7.99. The van der Waals surface area contributed by atoms with Crippen molar-refractivity contribution in [3.63, 3.8) is 0 Å². The maximum atomic E-state index is 14.0. The lowest BCUT2D eigenvalue weighted by molar-refractivity contribution is -0.0286. The molecule has 3 N–H and O–H groups in total. The summed E-state index contributed by atoms with van der Waals surface area (Å²) < 4.78 is 26.9. The summed E-state index contributed by atoms with van der Waals surface area (Å²) in [6.07, 6.45) is 2.87. The second-order valence-electron chi connectivity index (χ2n) is 4.53. The van der Waals surface area contributed by atoms with Gasteiger partial charge in [0.1, 0.15) is 11.6 Å². The Kier molecular flexibility index (Phi) is 5.72. The monoisotopic (exact) mass is 336 g/mol. The van der Waals surface area contributed by atoms with Crippen LogP contribution in [0.2, 0.25) is 0 Å². The number of carbonyl (C=O) groups is 1. The summed E-state index contributed by atoms with van der Waals surface area (Å²) in [5.74, 6) is -0.792. The Bertz CT molecular complexity index is 721. The van der Waals surface area contributed by atoms with Crippen LogP contribution in [0, 0.1) is 11.6 Å². The Balaban J connectivity index is 2.20. The molecule has 0 fully saturated rings. The minimum Gasteiger partial charge on any atom is -0.350 e. The highest BCUT2D eigenvalue weighted by Crippen LogP contribution is 2.32. The van der Waals surface area contributed by atoms with Gasteiger partial charge >= 0.3 is 6.03 Å². The van der Waals surface area contributed by atoms with Crippen LogP contribution in [0.25, 0.3) is 6.08 Å². The zero-order chi connectivity index (χ0) is 16.8. The predicted octanol–water partition coefficient (Wildman–Crippen LogP) is 3.90. The van der Waals surface area contributed by atoms with Gasteiger partial charge in [0.05, 0.1) is 6.54 Å². The topological polar surface area (TPSA) is 66.6 Å². The molecule has 0 aliphatic carbocycles. The molecule has 23 heavy (non-hydrogen) atoms. The Morgan fingerprint density at radius 1 is 1.22 bits per heavy atom. The molecule has 0 unspecified atom stereocenters. The second-order valence-corrected chi connectivity index (χ2v) is 5.65. The summed E-state index contributed by atoms with van der Waals surface area (Å²) >= 11 is 1.28. The highest BCUT2D eigenvalue weighted by atomic mass is 32.2. The minimum atomic E-state index is -0.996. The molecule has 0 radical (unpaired) electrons. The molecule has 2 rings (SSSR count). The van der Waals surface area contributed by atoms with Gasteiger partial charge in [-0.3, -0.25) is 5.21 Å². The van der Waals surface area contributed by atoms with E-state index in [0.717, 1.165) is 4.90 Å². The van der Waals surface area contributed by atoms with Gasteiger partial charge in [-0.05, 0) is 36.4 Å². The van der Waals surface area contributed by atoms with E-state index < -0.39 is 11.8 Å². The van der Waals surface area contributed by atoms with Gasteiger partial charge < -0.3 is 5.73 Å². The van der Waals surface area contributed by atoms with Crippen LogP contribution < -0.4 is 5.73 Å². The van der Waals surface area contributed by atoms with Crippen molar-refractivity contribution in [1.82, 2.24) is 5.06 Å². The van der Waals surface area contributed by atoms with Crippen molar-refractivity contribution in [2.45, 2.75) is 9.79 Å². The van der Waals surface area contributed by atoms with Gasteiger partial charge in [0, 0.05) is 15.4 Å². The number of primary amides is 1. The van der Waals surface area contributed by atoms with Crippen LogP contribution in [0.1, 0.15) is 5.56 Å². The summed E-state index contributed by atoms with van der Waals surface area (Å²) in [6.45, 7) is -0.162. The van der Waals surface area contributed by atoms with Crippen molar-refractivity contribution < 1.29 is 18.8 Å². The first kappa shape index (κ1) is 17.0. The van der Waals surface area contributed by atoms with E-state index in [1.54, 1.807) is 24.3 Å². The van der Waals surface area contributed by atoms with Gasteiger partial charge in [0.2, 0.25) is 0 Å². The zero-order valence-electron chi connectivity index (χ0n) is 11.9. The SMILES string of the molecule is NC(=O)N(O)CC=Cc1c(F)cccc1Sc1ccc(F)cc1. The van der Waals surface area contributed by atoms with Crippen LogP contribution in [0.15, 0.2) is 58.3 Å². The molecule has 0 atom stereocenters. The van der Waals surface area contributed by atoms with E-state index in [2.05, 4.69) is 0 Å². The average Bonchev–Trinajstić information content (AvgIpc) is 2.52. The summed E-state index contributed by atoms with van der Waals surface area (Å²) in [5, 5.41) is 9.49. The van der Waals surface area contributed by atoms with Crippen molar-refractivity contribution in [1.29, 1.82) is 0 Å². The van der Waals surface area contributed by atoms with E-state index in [1.165, 1.54) is 42.1 Å². The zero-order valence-corrected chi connectivity index (χ0v) is 12.8. The van der Waals surface area contributed by atoms with E-state index in [-0.39, 0.29) is 12.4 Å². The third-order valence-electron chi connectivity index (χ3n) is 2.87. The third-order valence-corrected chi connectivity index (χ3v) is 3.96. The Morgan fingerprint density at radius 3 is 2.57 bits per heavy atom. The first-order valence-corrected chi connectivity index (χ1v) is 7.43. The number of halogens is 2. The van der Waals surface area contributed by atoms with E-state index in [4.69, 9.17) is 5.73 Å². The fourth-order valence-corrected chi connectivity index (χ4v) is 2.71. The molecular weight excluding hydrogens is 322 g/mol. The van der Waals surface area contributed by atoms with Gasteiger partial charge in [-0.25, -0.2) is 18.6 Å². The number of amides is 2. The van der Waals surface area contributed by atoms with Crippen LogP contribution in [0.5, 0.6) is 0 Å². The molecule has 2 amide bonds. The number of carbonyl (C=O) groups excluding carboxylic acids is 1. The first-order chi connectivity index (χ1) is 11.0. The third kappa shape index (κ3) is 4.80. The lowest BCUT2D eigenvalue weighted by Gasteiger charge is -2.09. The summed E-state index contributed by atoms with van der Waals surface area (Å²) in [5.41, 5.74) is 5.19. The summed E-state index contributed by atoms with van der Waals surface area (Å²) in [6, 6.07) is 9.45. The molecule has 4 nitrogen and oxygen atoms in total. The van der Waals surface area contributed by atoms with Gasteiger partial charge in [-0.2, -0.15) is 0 Å². The van der Waals surface area contributed by atoms with Crippen molar-refractivity contribution in [3.8, 4) is 0 Å². The molecule has 0 aliphatic heterocycles. The predicted molar refractivity (Wildman–Crippen MR) is 84.0 cm³/mol. The molecule has 0 aliphatic rings. The van der Waals surface area contributed by atoms with E-state index in [9.17, 15) is 18.8 Å². The maximum absolute atomic E-state index is 14.0. The molecule has 0 spiro atoms. The van der Waals surface area contributed by atoms with Crippen molar-refractivity contribution >= 4 is 23.9 Å². The molecule has 2 aromatic carbocycles. The van der Waals surface area contributed by atoms with Crippen LogP contribution in [0.3, 0.4) is 0 Å². The molecule has 0 bridgehead atoms. The number of urea groups is 1. The van der Waals surface area contributed by atoms with Crippen LogP contribution in [-0.2, 0) is 0 Å². The summed E-state index contributed by atoms with van der Waals surface area (Å²) in [7, 11) is 0.